The monoisotopic (exact) mass is 298 g/mol. The van der Waals surface area contributed by atoms with Gasteiger partial charge in [0.05, 0.1) is 25.9 Å². The number of aliphatic carboxylic acids is 1. The molecule has 0 aromatic heterocycles. The zero-order valence-electron chi connectivity index (χ0n) is 12.0. The Labute approximate surface area is 123 Å². The minimum absolute atomic E-state index is 0.0834. The summed E-state index contributed by atoms with van der Waals surface area (Å²) in [6.07, 6.45) is 2.95. The SMILES string of the molecule is O=C(O)C1C2CCCC2CN1C(=O)N1CCOCC1CO. The number of amides is 2. The Balaban J connectivity index is 1.78. The molecule has 1 saturated carbocycles. The number of carboxylic acid groups (broad SMARTS) is 1. The Morgan fingerprint density at radius 1 is 1.24 bits per heavy atom. The molecule has 7 heteroatoms. The highest BCUT2D eigenvalue weighted by atomic mass is 16.5. The summed E-state index contributed by atoms with van der Waals surface area (Å²) < 4.78 is 5.28. The molecule has 0 radical (unpaired) electrons. The molecule has 3 aliphatic rings. The predicted molar refractivity (Wildman–Crippen MR) is 72.8 cm³/mol. The fourth-order valence-electron chi connectivity index (χ4n) is 4.04. The number of carbonyl (C=O) groups is 2. The second kappa shape index (κ2) is 5.81. The second-order valence-electron chi connectivity index (χ2n) is 6.18. The van der Waals surface area contributed by atoms with Gasteiger partial charge in [-0.3, -0.25) is 0 Å². The minimum Gasteiger partial charge on any atom is -0.480 e. The van der Waals surface area contributed by atoms with Gasteiger partial charge in [-0.25, -0.2) is 9.59 Å². The van der Waals surface area contributed by atoms with Gasteiger partial charge in [-0.2, -0.15) is 0 Å². The first-order valence-electron chi connectivity index (χ1n) is 7.62. The standard InChI is InChI=1S/C14H22N2O5/c17-7-10-8-21-5-4-15(10)14(20)16-6-9-2-1-3-11(9)12(16)13(18)19/h9-12,17H,1-8H2,(H,18,19). The summed E-state index contributed by atoms with van der Waals surface area (Å²) >= 11 is 0. The summed E-state index contributed by atoms with van der Waals surface area (Å²) in [5, 5.41) is 18.9. The van der Waals surface area contributed by atoms with Crippen LogP contribution in [0.25, 0.3) is 0 Å². The number of hydrogen-bond acceptors (Lipinski definition) is 4. The van der Waals surface area contributed by atoms with Crippen molar-refractivity contribution in [3.63, 3.8) is 0 Å². The molecule has 4 unspecified atom stereocenters. The fraction of sp³-hybridized carbons (Fsp3) is 0.857. The number of rotatable bonds is 2. The van der Waals surface area contributed by atoms with E-state index < -0.39 is 12.0 Å². The normalized spacial score (nSPS) is 35.9. The van der Waals surface area contributed by atoms with Gasteiger partial charge in [-0.15, -0.1) is 0 Å². The molecule has 1 aliphatic carbocycles. The minimum atomic E-state index is -0.911. The van der Waals surface area contributed by atoms with Crippen LogP contribution in [-0.4, -0.2) is 77.0 Å². The molecule has 3 rings (SSSR count). The third-order valence-corrected chi connectivity index (χ3v) is 5.07. The van der Waals surface area contributed by atoms with E-state index in [1.807, 2.05) is 0 Å². The van der Waals surface area contributed by atoms with Gasteiger partial charge in [-0.1, -0.05) is 6.42 Å². The summed E-state index contributed by atoms with van der Waals surface area (Å²) in [6.45, 7) is 1.50. The van der Waals surface area contributed by atoms with Crippen molar-refractivity contribution < 1.29 is 24.5 Å². The van der Waals surface area contributed by atoms with Crippen molar-refractivity contribution >= 4 is 12.0 Å². The van der Waals surface area contributed by atoms with Crippen LogP contribution in [0.1, 0.15) is 19.3 Å². The number of likely N-dealkylation sites (tertiary alicyclic amines) is 1. The van der Waals surface area contributed by atoms with E-state index in [4.69, 9.17) is 4.74 Å². The van der Waals surface area contributed by atoms with Crippen LogP contribution < -0.4 is 0 Å². The molecule has 2 aliphatic heterocycles. The molecule has 2 heterocycles. The summed E-state index contributed by atoms with van der Waals surface area (Å²) in [7, 11) is 0. The molecule has 3 fully saturated rings. The number of carboxylic acids is 1. The van der Waals surface area contributed by atoms with Crippen LogP contribution in [-0.2, 0) is 9.53 Å². The van der Waals surface area contributed by atoms with Crippen LogP contribution in [0.5, 0.6) is 0 Å². The first-order valence-corrected chi connectivity index (χ1v) is 7.62. The molecule has 2 saturated heterocycles. The second-order valence-corrected chi connectivity index (χ2v) is 6.18. The fourth-order valence-corrected chi connectivity index (χ4v) is 4.04. The van der Waals surface area contributed by atoms with Gasteiger partial charge in [0.1, 0.15) is 6.04 Å². The first kappa shape index (κ1) is 14.6. The molecule has 0 spiro atoms. The number of carbonyl (C=O) groups excluding carboxylic acids is 1. The Hall–Kier alpha value is -1.34. The van der Waals surface area contributed by atoms with Crippen molar-refractivity contribution in [3.8, 4) is 0 Å². The van der Waals surface area contributed by atoms with Crippen molar-refractivity contribution in [2.24, 2.45) is 11.8 Å². The van der Waals surface area contributed by atoms with Gasteiger partial charge in [0.15, 0.2) is 0 Å². The number of aliphatic hydroxyl groups is 1. The zero-order valence-corrected chi connectivity index (χ0v) is 12.0. The van der Waals surface area contributed by atoms with Gasteiger partial charge in [0.2, 0.25) is 0 Å². The number of nitrogens with zero attached hydrogens (tertiary/aromatic N) is 2. The van der Waals surface area contributed by atoms with Crippen LogP contribution >= 0.6 is 0 Å². The van der Waals surface area contributed by atoms with E-state index in [-0.39, 0.29) is 24.6 Å². The third-order valence-electron chi connectivity index (χ3n) is 5.07. The van der Waals surface area contributed by atoms with Crippen LogP contribution in [0, 0.1) is 11.8 Å². The average molecular weight is 298 g/mol. The van der Waals surface area contributed by atoms with Crippen molar-refractivity contribution in [2.45, 2.75) is 31.3 Å². The van der Waals surface area contributed by atoms with E-state index in [0.29, 0.717) is 32.2 Å². The molecule has 2 N–H and O–H groups in total. The zero-order chi connectivity index (χ0) is 15.0. The number of ether oxygens (including phenoxy) is 1. The smallest absolute Gasteiger partial charge is 0.326 e. The van der Waals surface area contributed by atoms with Crippen molar-refractivity contribution in [3.05, 3.63) is 0 Å². The first-order chi connectivity index (χ1) is 10.1. The lowest BCUT2D eigenvalue weighted by Crippen LogP contribution is -2.57. The maximum Gasteiger partial charge on any atom is 0.326 e. The van der Waals surface area contributed by atoms with Gasteiger partial charge in [0.25, 0.3) is 0 Å². The lowest BCUT2D eigenvalue weighted by molar-refractivity contribution is -0.143. The van der Waals surface area contributed by atoms with E-state index in [1.54, 1.807) is 4.90 Å². The Morgan fingerprint density at radius 3 is 2.76 bits per heavy atom. The summed E-state index contributed by atoms with van der Waals surface area (Å²) in [4.78, 5) is 27.4. The lowest BCUT2D eigenvalue weighted by Gasteiger charge is -2.38. The topological polar surface area (TPSA) is 90.3 Å². The van der Waals surface area contributed by atoms with Crippen LogP contribution in [0.4, 0.5) is 4.79 Å². The molecule has 4 atom stereocenters. The number of hydrogen-bond donors (Lipinski definition) is 2. The van der Waals surface area contributed by atoms with Crippen LogP contribution in [0.2, 0.25) is 0 Å². The molecular weight excluding hydrogens is 276 g/mol. The molecule has 7 nitrogen and oxygen atoms in total. The van der Waals surface area contributed by atoms with E-state index in [9.17, 15) is 19.8 Å². The predicted octanol–water partition coefficient (Wildman–Crippen LogP) is -0.0154. The Bertz CT molecular complexity index is 430. The number of urea groups is 1. The highest BCUT2D eigenvalue weighted by Crippen LogP contribution is 2.42. The summed E-state index contributed by atoms with van der Waals surface area (Å²) in [6, 6.07) is -1.35. The lowest BCUT2D eigenvalue weighted by atomic mass is 9.94. The number of morpholine rings is 1. The third kappa shape index (κ3) is 2.48. The van der Waals surface area contributed by atoms with Crippen molar-refractivity contribution in [2.75, 3.05) is 32.9 Å². The van der Waals surface area contributed by atoms with Crippen LogP contribution in [0.3, 0.4) is 0 Å². The van der Waals surface area contributed by atoms with Crippen LogP contribution in [0.15, 0.2) is 0 Å². The van der Waals surface area contributed by atoms with Gasteiger partial charge in [-0.05, 0) is 24.7 Å². The number of aliphatic hydroxyl groups excluding tert-OH is 1. The Morgan fingerprint density at radius 2 is 2.05 bits per heavy atom. The summed E-state index contributed by atoms with van der Waals surface area (Å²) in [5.74, 6) is -0.518. The quantitative estimate of drug-likeness (QED) is 0.748. The molecule has 0 aromatic rings. The van der Waals surface area contributed by atoms with E-state index in [1.165, 1.54) is 4.90 Å². The molecule has 118 valence electrons. The van der Waals surface area contributed by atoms with Crippen molar-refractivity contribution in [1.29, 1.82) is 0 Å². The van der Waals surface area contributed by atoms with E-state index >= 15 is 0 Å². The molecule has 2 amide bonds. The van der Waals surface area contributed by atoms with Crippen molar-refractivity contribution in [1.82, 2.24) is 9.80 Å². The van der Waals surface area contributed by atoms with Gasteiger partial charge < -0.3 is 24.7 Å². The average Bonchev–Trinajstić information content (AvgIpc) is 3.06. The van der Waals surface area contributed by atoms with Gasteiger partial charge in [0, 0.05) is 13.1 Å². The van der Waals surface area contributed by atoms with Gasteiger partial charge >= 0.3 is 12.0 Å². The molecule has 21 heavy (non-hydrogen) atoms. The van der Waals surface area contributed by atoms with E-state index in [0.717, 1.165) is 19.3 Å². The largest absolute Gasteiger partial charge is 0.480 e. The number of fused-ring (bicyclic) bond motifs is 1. The molecular formula is C14H22N2O5. The molecule has 0 bridgehead atoms. The highest BCUT2D eigenvalue weighted by Gasteiger charge is 2.51. The molecule has 0 aromatic carbocycles. The van der Waals surface area contributed by atoms with E-state index in [2.05, 4.69) is 0 Å². The maximum atomic E-state index is 12.7. The maximum absolute atomic E-state index is 12.7. The summed E-state index contributed by atoms with van der Waals surface area (Å²) in [5.41, 5.74) is 0. The highest BCUT2D eigenvalue weighted by molar-refractivity contribution is 5.84. The Kier molecular flexibility index (Phi) is 4.03.